The van der Waals surface area contributed by atoms with Crippen molar-refractivity contribution in [1.82, 2.24) is 0 Å². The predicted octanol–water partition coefficient (Wildman–Crippen LogP) is 6.92. The Labute approximate surface area is 188 Å². The second-order valence-electron chi connectivity index (χ2n) is 7.37. The lowest BCUT2D eigenvalue weighted by molar-refractivity contribution is -0.138. The molecule has 0 aliphatic heterocycles. The average Bonchev–Trinajstić information content (AvgIpc) is 2.77. The van der Waals surface area contributed by atoms with Crippen LogP contribution in [-0.4, -0.2) is 24.3 Å². The number of aliphatic hydroxyl groups is 1. The fraction of sp³-hybridized carbons (Fsp3) is 0.640. The summed E-state index contributed by atoms with van der Waals surface area (Å²) < 4.78 is 10.3. The number of carbonyl (C=O) groups excluding carboxylic acids is 1. The first-order chi connectivity index (χ1) is 15.1. The van der Waals surface area contributed by atoms with Crippen LogP contribution in [0, 0.1) is 17.9 Å². The van der Waals surface area contributed by atoms with Gasteiger partial charge in [-0.15, -0.1) is 0 Å². The van der Waals surface area contributed by atoms with Crippen molar-refractivity contribution in [3.63, 3.8) is 0 Å². The van der Waals surface area contributed by atoms with E-state index in [1.807, 2.05) is 0 Å². The van der Waals surface area contributed by atoms with E-state index in [2.05, 4.69) is 18.7 Å². The number of aliphatic hydroxyl groups excluding tert-OH is 1. The van der Waals surface area contributed by atoms with E-state index in [1.165, 1.54) is 56.8 Å². The summed E-state index contributed by atoms with van der Waals surface area (Å²) in [6.45, 7) is 12.1. The van der Waals surface area contributed by atoms with Crippen LogP contribution in [0.15, 0.2) is 35.4 Å². The Morgan fingerprint density at radius 3 is 1.97 bits per heavy atom. The van der Waals surface area contributed by atoms with Crippen LogP contribution in [-0.2, 0) is 14.3 Å². The number of carbonyl (C=O) groups is 1. The van der Waals surface area contributed by atoms with Crippen molar-refractivity contribution in [1.29, 1.82) is 5.26 Å². The van der Waals surface area contributed by atoms with E-state index in [4.69, 9.17) is 21.3 Å². The smallest absolute Gasteiger partial charge is 0.348 e. The minimum atomic E-state index is -0.683. The molecule has 0 spiro atoms. The molecule has 0 saturated carbocycles. The monoisotopic (exact) mass is 430 g/mol. The maximum absolute atomic E-state index is 12.0. The highest BCUT2D eigenvalue weighted by Gasteiger charge is 2.09. The third-order valence-electron chi connectivity index (χ3n) is 4.66. The van der Waals surface area contributed by atoms with Gasteiger partial charge in [0.2, 0.25) is 0 Å². The maximum atomic E-state index is 12.0. The summed E-state index contributed by atoms with van der Waals surface area (Å²) in [4.78, 5) is 15.2. The van der Waals surface area contributed by atoms with E-state index < -0.39 is 11.9 Å². The highest BCUT2D eigenvalue weighted by atomic mass is 16.6. The van der Waals surface area contributed by atoms with Crippen molar-refractivity contribution < 1.29 is 19.4 Å². The van der Waals surface area contributed by atoms with Gasteiger partial charge in [-0.1, -0.05) is 84.1 Å². The van der Waals surface area contributed by atoms with Crippen LogP contribution >= 0.6 is 0 Å². The van der Waals surface area contributed by atoms with Gasteiger partial charge in [0.15, 0.2) is 0 Å². The molecule has 0 aromatic rings. The molecule has 6 nitrogen and oxygen atoms in total. The maximum Gasteiger partial charge on any atom is 0.348 e. The molecule has 1 N–H and O–H groups in total. The van der Waals surface area contributed by atoms with Gasteiger partial charge < -0.3 is 14.6 Å². The van der Waals surface area contributed by atoms with Crippen LogP contribution in [0.2, 0.25) is 0 Å². The van der Waals surface area contributed by atoms with Gasteiger partial charge in [-0.05, 0) is 25.0 Å². The first kappa shape index (κ1) is 28.3. The van der Waals surface area contributed by atoms with Gasteiger partial charge in [-0.3, -0.25) is 0 Å². The minimum Gasteiger partial charge on any atom is -0.489 e. The van der Waals surface area contributed by atoms with E-state index in [0.717, 1.165) is 38.5 Å². The zero-order chi connectivity index (χ0) is 23.2. The third kappa shape index (κ3) is 15.7. The SMILES string of the molecule is [C-]#[N+]C(C=CC=C(C#N)C(=O)OCCCCCCCC)=C(O)OCCCCCCCC. The number of esters is 1. The Morgan fingerprint density at radius 1 is 0.935 bits per heavy atom. The number of nitriles is 1. The Balaban J connectivity index is 4.43. The Bertz CT molecular complexity index is 666. The van der Waals surface area contributed by atoms with Gasteiger partial charge in [-0.25, -0.2) is 9.64 Å². The summed E-state index contributed by atoms with van der Waals surface area (Å²) in [6, 6.07) is 1.80. The molecule has 0 amide bonds. The van der Waals surface area contributed by atoms with Crippen molar-refractivity contribution in [3.05, 3.63) is 46.9 Å². The number of unbranched alkanes of at least 4 members (excludes halogenated alkanes) is 10. The van der Waals surface area contributed by atoms with Crippen LogP contribution in [0.1, 0.15) is 90.9 Å². The molecule has 0 heterocycles. The van der Waals surface area contributed by atoms with E-state index in [-0.39, 0.29) is 17.9 Å². The van der Waals surface area contributed by atoms with Gasteiger partial charge in [0.05, 0.1) is 19.8 Å². The van der Waals surface area contributed by atoms with Gasteiger partial charge in [0, 0.05) is 0 Å². The van der Waals surface area contributed by atoms with Crippen molar-refractivity contribution >= 4 is 5.97 Å². The lowest BCUT2D eigenvalue weighted by atomic mass is 10.1. The molecule has 0 aliphatic rings. The first-order valence-corrected chi connectivity index (χ1v) is 11.5. The summed E-state index contributed by atoms with van der Waals surface area (Å²) >= 11 is 0. The van der Waals surface area contributed by atoms with Crippen LogP contribution in [0.3, 0.4) is 0 Å². The van der Waals surface area contributed by atoms with E-state index in [0.29, 0.717) is 6.61 Å². The van der Waals surface area contributed by atoms with Crippen LogP contribution in [0.4, 0.5) is 0 Å². The van der Waals surface area contributed by atoms with Gasteiger partial charge in [0.1, 0.15) is 11.6 Å². The van der Waals surface area contributed by atoms with Gasteiger partial charge in [-0.2, -0.15) is 5.26 Å². The Hall–Kier alpha value is -2.73. The number of hydrogen-bond donors (Lipinski definition) is 1. The van der Waals surface area contributed by atoms with Crippen LogP contribution < -0.4 is 0 Å². The number of allylic oxidation sites excluding steroid dienone is 3. The topological polar surface area (TPSA) is 83.9 Å². The zero-order valence-electron chi connectivity index (χ0n) is 19.2. The van der Waals surface area contributed by atoms with E-state index >= 15 is 0 Å². The predicted molar refractivity (Wildman–Crippen MR) is 123 cm³/mol. The molecule has 0 aliphatic carbocycles. The standard InChI is InChI=1S/C25H38N2O4/c1-4-6-8-10-12-14-19-30-24(28)22(21-26)17-16-18-23(27-3)25(29)31-20-15-13-11-9-7-5-2/h16-18,29H,4-15,19-20H2,1-2H3. The fourth-order valence-corrected chi connectivity index (χ4v) is 2.79. The van der Waals surface area contributed by atoms with E-state index in [1.54, 1.807) is 6.07 Å². The summed E-state index contributed by atoms with van der Waals surface area (Å²) in [7, 11) is 0. The normalized spacial score (nSPS) is 12.2. The van der Waals surface area contributed by atoms with Gasteiger partial charge in [0.25, 0.3) is 11.6 Å². The molecule has 0 aromatic heterocycles. The third-order valence-corrected chi connectivity index (χ3v) is 4.66. The molecule has 0 radical (unpaired) electrons. The number of ether oxygens (including phenoxy) is 2. The average molecular weight is 431 g/mol. The summed E-state index contributed by atoms with van der Waals surface area (Å²) in [5.74, 6) is -1.13. The quantitative estimate of drug-likeness (QED) is 0.0485. The number of rotatable bonds is 18. The molecule has 0 unspecified atom stereocenters. The molecule has 0 fully saturated rings. The second kappa shape index (κ2) is 20.5. The molecule has 0 rings (SSSR count). The summed E-state index contributed by atoms with van der Waals surface area (Å²) in [6.07, 6.45) is 17.0. The Morgan fingerprint density at radius 2 is 1.45 bits per heavy atom. The largest absolute Gasteiger partial charge is 0.489 e. The van der Waals surface area contributed by atoms with Crippen molar-refractivity contribution in [2.75, 3.05) is 13.2 Å². The fourth-order valence-electron chi connectivity index (χ4n) is 2.79. The first-order valence-electron chi connectivity index (χ1n) is 11.5. The van der Waals surface area contributed by atoms with Crippen LogP contribution in [0.5, 0.6) is 0 Å². The number of hydrogen-bond acceptors (Lipinski definition) is 5. The second-order valence-corrected chi connectivity index (χ2v) is 7.37. The molecular formula is C25H38N2O4. The minimum absolute atomic E-state index is 0.0834. The summed E-state index contributed by atoms with van der Waals surface area (Å²) in [5.41, 5.74) is -0.237. The molecule has 0 atom stereocenters. The molecule has 172 valence electrons. The Kier molecular flexibility index (Phi) is 18.7. The van der Waals surface area contributed by atoms with Crippen molar-refractivity contribution in [2.24, 2.45) is 0 Å². The molecule has 0 saturated heterocycles. The van der Waals surface area contributed by atoms with E-state index in [9.17, 15) is 9.90 Å². The highest BCUT2D eigenvalue weighted by molar-refractivity contribution is 5.93. The van der Waals surface area contributed by atoms with Crippen LogP contribution in [0.25, 0.3) is 4.85 Å². The van der Waals surface area contributed by atoms with Crippen molar-refractivity contribution in [3.8, 4) is 6.07 Å². The molecular weight excluding hydrogens is 392 g/mol. The lowest BCUT2D eigenvalue weighted by Gasteiger charge is -2.05. The van der Waals surface area contributed by atoms with Gasteiger partial charge >= 0.3 is 5.97 Å². The lowest BCUT2D eigenvalue weighted by Crippen LogP contribution is -2.07. The number of nitrogens with zero attached hydrogens (tertiary/aromatic N) is 2. The van der Waals surface area contributed by atoms with Crippen molar-refractivity contribution in [2.45, 2.75) is 90.9 Å². The highest BCUT2D eigenvalue weighted by Crippen LogP contribution is 2.11. The molecule has 31 heavy (non-hydrogen) atoms. The zero-order valence-corrected chi connectivity index (χ0v) is 19.2. The molecule has 6 heteroatoms. The molecule has 0 aromatic carbocycles. The summed E-state index contributed by atoms with van der Waals surface area (Å²) in [5, 5.41) is 19.1. The molecule has 0 bridgehead atoms.